The molecule has 0 atom stereocenters. The predicted molar refractivity (Wildman–Crippen MR) is 84.4 cm³/mol. The van der Waals surface area contributed by atoms with E-state index in [1.807, 2.05) is 16.7 Å². The zero-order valence-corrected chi connectivity index (χ0v) is 12.5. The van der Waals surface area contributed by atoms with Gasteiger partial charge in [-0.15, -0.1) is 0 Å². The summed E-state index contributed by atoms with van der Waals surface area (Å²) in [5.41, 5.74) is 10.0. The molecule has 0 amide bonds. The lowest BCUT2D eigenvalue weighted by Gasteiger charge is -2.22. The van der Waals surface area contributed by atoms with E-state index in [2.05, 4.69) is 11.1 Å². The Kier molecular flexibility index (Phi) is 3.72. The molecule has 0 aromatic carbocycles. The summed E-state index contributed by atoms with van der Waals surface area (Å²) in [6.07, 6.45) is 7.60. The van der Waals surface area contributed by atoms with Gasteiger partial charge >= 0.3 is 0 Å². The van der Waals surface area contributed by atoms with E-state index in [1.165, 1.54) is 0 Å². The summed E-state index contributed by atoms with van der Waals surface area (Å²) in [5, 5.41) is 9.47. The summed E-state index contributed by atoms with van der Waals surface area (Å²) in [4.78, 5) is 4.12. The van der Waals surface area contributed by atoms with Gasteiger partial charge in [0, 0.05) is 12.4 Å². The first kappa shape index (κ1) is 13.8. The number of aromatic nitrogens is 2. The lowest BCUT2D eigenvalue weighted by Crippen LogP contribution is -2.17. The summed E-state index contributed by atoms with van der Waals surface area (Å²) in [7, 11) is 0. The average molecular weight is 296 g/mol. The number of hydrogen-bond acceptors (Lipinski definition) is 4. The largest absolute Gasteiger partial charge is 0.384 e. The maximum absolute atomic E-state index is 9.47. The number of nitriles is 1. The van der Waals surface area contributed by atoms with Crippen LogP contribution in [0.1, 0.15) is 35.1 Å². The van der Waals surface area contributed by atoms with Crippen LogP contribution in [-0.4, -0.2) is 9.55 Å². The number of anilines is 1. The number of rotatable bonds is 2. The fourth-order valence-corrected chi connectivity index (χ4v) is 3.32. The Morgan fingerprint density at radius 2 is 2.10 bits per heavy atom. The minimum absolute atomic E-state index is 0.479. The van der Waals surface area contributed by atoms with E-state index < -0.39 is 0 Å². The molecule has 2 aromatic heterocycles. The van der Waals surface area contributed by atoms with Crippen molar-refractivity contribution in [3.8, 4) is 6.07 Å². The zero-order valence-electron chi connectivity index (χ0n) is 11.7. The minimum Gasteiger partial charge on any atom is -0.384 e. The molecule has 0 bridgehead atoms. The number of pyridine rings is 2. The van der Waals surface area contributed by atoms with Crippen LogP contribution in [0.4, 0.5) is 5.82 Å². The molecule has 0 spiro atoms. The van der Waals surface area contributed by atoms with Gasteiger partial charge in [-0.3, -0.25) is 4.98 Å². The highest BCUT2D eigenvalue weighted by Crippen LogP contribution is 2.29. The Hall–Kier alpha value is -2.19. The average Bonchev–Trinajstić information content (AvgIpc) is 2.53. The highest BCUT2D eigenvalue weighted by atomic mass is 32.1. The van der Waals surface area contributed by atoms with Crippen LogP contribution >= 0.6 is 12.2 Å². The lowest BCUT2D eigenvalue weighted by molar-refractivity contribution is 0.661. The summed E-state index contributed by atoms with van der Waals surface area (Å²) in [6.45, 7) is 0.556. The van der Waals surface area contributed by atoms with Gasteiger partial charge in [0.05, 0.1) is 12.1 Å². The van der Waals surface area contributed by atoms with Gasteiger partial charge in [-0.05, 0) is 48.4 Å². The first-order valence-electron chi connectivity index (χ1n) is 7.05. The van der Waals surface area contributed by atoms with Gasteiger partial charge in [-0.1, -0.05) is 18.3 Å². The van der Waals surface area contributed by atoms with Crippen molar-refractivity contribution >= 4 is 18.0 Å². The molecule has 2 N–H and O–H groups in total. The van der Waals surface area contributed by atoms with Crippen molar-refractivity contribution in [3.05, 3.63) is 51.4 Å². The first-order chi connectivity index (χ1) is 10.2. The van der Waals surface area contributed by atoms with Crippen LogP contribution < -0.4 is 5.73 Å². The second-order valence-electron chi connectivity index (χ2n) is 5.29. The Morgan fingerprint density at radius 1 is 1.33 bits per heavy atom. The standard InChI is InChI=1S/C16H16N4S/c17-8-14-12-5-1-2-6-13(12)16(21)20(15(14)18)10-11-4-3-7-19-9-11/h3-4,7,9H,1-2,5-6,10,18H2. The highest BCUT2D eigenvalue weighted by Gasteiger charge is 2.20. The van der Waals surface area contributed by atoms with Crippen LogP contribution in [0, 0.1) is 16.0 Å². The lowest BCUT2D eigenvalue weighted by atomic mass is 9.89. The molecule has 2 aromatic rings. The zero-order chi connectivity index (χ0) is 14.8. The van der Waals surface area contributed by atoms with Crippen molar-refractivity contribution in [2.24, 2.45) is 0 Å². The van der Waals surface area contributed by atoms with Crippen molar-refractivity contribution in [2.75, 3.05) is 5.73 Å². The molecule has 2 heterocycles. The molecule has 0 radical (unpaired) electrons. The minimum atomic E-state index is 0.479. The second-order valence-corrected chi connectivity index (χ2v) is 5.68. The van der Waals surface area contributed by atoms with Crippen LogP contribution in [0.3, 0.4) is 0 Å². The number of nitrogens with zero attached hydrogens (tertiary/aromatic N) is 3. The molecule has 0 fully saturated rings. The fraction of sp³-hybridized carbons (Fsp3) is 0.312. The normalized spacial score (nSPS) is 13.5. The molecule has 0 saturated heterocycles. The predicted octanol–water partition coefficient (Wildman–Crippen LogP) is 2.99. The molecular weight excluding hydrogens is 280 g/mol. The molecule has 106 valence electrons. The van der Waals surface area contributed by atoms with E-state index in [0.717, 1.165) is 47.0 Å². The molecule has 5 heteroatoms. The first-order valence-corrected chi connectivity index (χ1v) is 7.46. The van der Waals surface area contributed by atoms with E-state index in [0.29, 0.717) is 17.9 Å². The monoisotopic (exact) mass is 296 g/mol. The van der Waals surface area contributed by atoms with Gasteiger partial charge in [-0.25, -0.2) is 0 Å². The maximum atomic E-state index is 9.47. The SMILES string of the molecule is N#Cc1c2c(c(=S)n(Cc3cccnc3)c1N)CCCC2. The summed E-state index contributed by atoms with van der Waals surface area (Å²) in [6, 6.07) is 6.14. The summed E-state index contributed by atoms with van der Waals surface area (Å²) < 4.78 is 2.64. The third kappa shape index (κ3) is 2.43. The molecule has 1 aliphatic carbocycles. The second kappa shape index (κ2) is 5.66. The number of fused-ring (bicyclic) bond motifs is 1. The quantitative estimate of drug-likeness (QED) is 0.865. The Bertz CT molecular complexity index is 772. The summed E-state index contributed by atoms with van der Waals surface area (Å²) >= 11 is 5.63. The summed E-state index contributed by atoms with van der Waals surface area (Å²) in [5.74, 6) is 0.479. The van der Waals surface area contributed by atoms with E-state index in [4.69, 9.17) is 18.0 Å². The topological polar surface area (TPSA) is 67.6 Å². The van der Waals surface area contributed by atoms with Crippen molar-refractivity contribution in [1.29, 1.82) is 5.26 Å². The van der Waals surface area contributed by atoms with E-state index in [-0.39, 0.29) is 0 Å². The maximum Gasteiger partial charge on any atom is 0.123 e. The highest BCUT2D eigenvalue weighted by molar-refractivity contribution is 7.71. The molecule has 0 aliphatic heterocycles. The van der Waals surface area contributed by atoms with Crippen molar-refractivity contribution in [1.82, 2.24) is 9.55 Å². The Morgan fingerprint density at radius 3 is 2.76 bits per heavy atom. The number of nitrogen functional groups attached to an aromatic ring is 1. The van der Waals surface area contributed by atoms with Crippen LogP contribution in [0.5, 0.6) is 0 Å². The van der Waals surface area contributed by atoms with E-state index in [9.17, 15) is 5.26 Å². The van der Waals surface area contributed by atoms with E-state index in [1.54, 1.807) is 12.4 Å². The van der Waals surface area contributed by atoms with Gasteiger partial charge in [-0.2, -0.15) is 5.26 Å². The number of hydrogen-bond donors (Lipinski definition) is 1. The molecular formula is C16H16N4S. The Labute approximate surface area is 128 Å². The fourth-order valence-electron chi connectivity index (χ4n) is 2.94. The van der Waals surface area contributed by atoms with Gasteiger partial charge in [0.15, 0.2) is 0 Å². The van der Waals surface area contributed by atoms with Crippen LogP contribution in [0.15, 0.2) is 24.5 Å². The molecule has 21 heavy (non-hydrogen) atoms. The number of nitrogens with two attached hydrogens (primary N) is 1. The van der Waals surface area contributed by atoms with Crippen LogP contribution in [0.2, 0.25) is 0 Å². The third-order valence-corrected chi connectivity index (χ3v) is 4.46. The molecule has 1 aliphatic rings. The van der Waals surface area contributed by atoms with E-state index >= 15 is 0 Å². The third-order valence-electron chi connectivity index (χ3n) is 4.00. The van der Waals surface area contributed by atoms with Crippen LogP contribution in [0.25, 0.3) is 0 Å². The van der Waals surface area contributed by atoms with Crippen LogP contribution in [-0.2, 0) is 19.4 Å². The molecule has 0 saturated carbocycles. The molecule has 4 nitrogen and oxygen atoms in total. The molecule has 0 unspecified atom stereocenters. The Balaban J connectivity index is 2.17. The smallest absolute Gasteiger partial charge is 0.123 e. The van der Waals surface area contributed by atoms with Gasteiger partial charge < -0.3 is 10.3 Å². The van der Waals surface area contributed by atoms with Crippen molar-refractivity contribution in [3.63, 3.8) is 0 Å². The van der Waals surface area contributed by atoms with Crippen molar-refractivity contribution in [2.45, 2.75) is 32.2 Å². The van der Waals surface area contributed by atoms with Gasteiger partial charge in [0.2, 0.25) is 0 Å². The van der Waals surface area contributed by atoms with Gasteiger partial charge in [0.1, 0.15) is 16.5 Å². The van der Waals surface area contributed by atoms with Gasteiger partial charge in [0.25, 0.3) is 0 Å². The van der Waals surface area contributed by atoms with Crippen molar-refractivity contribution < 1.29 is 0 Å². The molecule has 3 rings (SSSR count).